The molecule has 0 spiro atoms. The van der Waals surface area contributed by atoms with E-state index < -0.39 is 5.41 Å². The second kappa shape index (κ2) is 7.31. The SMILES string of the molecule is CCO/C=C\[C@@H](C)[C@]1(C(=O)OCC)CCCCC1=O. The van der Waals surface area contributed by atoms with Gasteiger partial charge in [0.1, 0.15) is 5.41 Å². The predicted octanol–water partition coefficient (Wildman–Crippen LogP) is 2.87. The highest BCUT2D eigenvalue weighted by Crippen LogP contribution is 2.41. The summed E-state index contributed by atoms with van der Waals surface area (Å²) < 4.78 is 10.3. The predicted molar refractivity (Wildman–Crippen MR) is 72.5 cm³/mol. The average Bonchev–Trinajstić information content (AvgIpc) is 2.39. The summed E-state index contributed by atoms with van der Waals surface area (Å²) in [4.78, 5) is 24.6. The van der Waals surface area contributed by atoms with E-state index in [2.05, 4.69) is 0 Å². The number of ketones is 1. The maximum atomic E-state index is 12.3. The van der Waals surface area contributed by atoms with E-state index in [4.69, 9.17) is 9.47 Å². The number of Topliss-reactive ketones (excluding diaryl/α,β-unsaturated/α-hetero) is 1. The van der Waals surface area contributed by atoms with Crippen molar-refractivity contribution in [2.24, 2.45) is 11.3 Å². The molecule has 108 valence electrons. The van der Waals surface area contributed by atoms with Crippen LogP contribution in [0.4, 0.5) is 0 Å². The third-order valence-electron chi connectivity index (χ3n) is 3.77. The Kier molecular flexibility index (Phi) is 6.06. The summed E-state index contributed by atoms with van der Waals surface area (Å²) in [5, 5.41) is 0. The van der Waals surface area contributed by atoms with Crippen LogP contribution in [0.3, 0.4) is 0 Å². The van der Waals surface area contributed by atoms with Gasteiger partial charge in [0.15, 0.2) is 5.78 Å². The lowest BCUT2D eigenvalue weighted by molar-refractivity contribution is -0.165. The first-order valence-electron chi connectivity index (χ1n) is 7.08. The topological polar surface area (TPSA) is 52.6 Å². The van der Waals surface area contributed by atoms with Gasteiger partial charge in [0.25, 0.3) is 0 Å². The third-order valence-corrected chi connectivity index (χ3v) is 3.77. The van der Waals surface area contributed by atoms with Crippen LogP contribution in [0.25, 0.3) is 0 Å². The summed E-state index contributed by atoms with van der Waals surface area (Å²) >= 11 is 0. The number of carbonyl (C=O) groups excluding carboxylic acids is 2. The van der Waals surface area contributed by atoms with Crippen molar-refractivity contribution in [3.63, 3.8) is 0 Å². The molecular formula is C15H24O4. The Morgan fingerprint density at radius 2 is 2.11 bits per heavy atom. The molecule has 0 N–H and O–H groups in total. The Morgan fingerprint density at radius 1 is 1.37 bits per heavy atom. The van der Waals surface area contributed by atoms with Crippen molar-refractivity contribution in [1.29, 1.82) is 0 Å². The highest BCUT2D eigenvalue weighted by Gasteiger charge is 2.51. The second-order valence-electron chi connectivity index (χ2n) is 4.89. The summed E-state index contributed by atoms with van der Waals surface area (Å²) in [5.41, 5.74) is -1.01. The fourth-order valence-corrected chi connectivity index (χ4v) is 2.63. The standard InChI is InChI=1S/C15H24O4/c1-4-18-11-9-12(3)15(14(17)19-5-2)10-7-6-8-13(15)16/h9,11-12H,4-8,10H2,1-3H3/b11-9-/t12-,15-/m1/s1. The van der Waals surface area contributed by atoms with Gasteiger partial charge in [0.2, 0.25) is 0 Å². The molecule has 4 nitrogen and oxygen atoms in total. The van der Waals surface area contributed by atoms with Crippen LogP contribution in [0.1, 0.15) is 46.5 Å². The molecule has 0 heterocycles. The Labute approximate surface area is 115 Å². The summed E-state index contributed by atoms with van der Waals surface area (Å²) in [5.74, 6) is -0.579. The Bertz CT molecular complexity index is 348. The van der Waals surface area contributed by atoms with Crippen LogP contribution in [0.5, 0.6) is 0 Å². The van der Waals surface area contributed by atoms with Gasteiger partial charge in [-0.15, -0.1) is 0 Å². The minimum absolute atomic E-state index is 0.00542. The number of esters is 1. The minimum atomic E-state index is -1.01. The van der Waals surface area contributed by atoms with Gasteiger partial charge < -0.3 is 9.47 Å². The lowest BCUT2D eigenvalue weighted by Crippen LogP contribution is -2.47. The molecule has 0 amide bonds. The lowest BCUT2D eigenvalue weighted by atomic mass is 9.65. The molecule has 1 aliphatic rings. The molecule has 0 bridgehead atoms. The molecule has 0 aliphatic heterocycles. The molecule has 0 aromatic heterocycles. The number of rotatable bonds is 6. The van der Waals surface area contributed by atoms with E-state index in [0.717, 1.165) is 12.8 Å². The van der Waals surface area contributed by atoms with Gasteiger partial charge in [-0.2, -0.15) is 0 Å². The zero-order chi connectivity index (χ0) is 14.3. The summed E-state index contributed by atoms with van der Waals surface area (Å²) in [6, 6.07) is 0. The van der Waals surface area contributed by atoms with Crippen LogP contribution >= 0.6 is 0 Å². The van der Waals surface area contributed by atoms with Crippen LogP contribution in [0.2, 0.25) is 0 Å². The number of carbonyl (C=O) groups is 2. The Balaban J connectivity index is 2.97. The van der Waals surface area contributed by atoms with Gasteiger partial charge in [-0.1, -0.05) is 13.3 Å². The molecule has 4 heteroatoms. The average molecular weight is 268 g/mol. The zero-order valence-electron chi connectivity index (χ0n) is 12.1. The molecule has 0 unspecified atom stereocenters. The van der Waals surface area contributed by atoms with Crippen LogP contribution in [-0.2, 0) is 19.1 Å². The third kappa shape index (κ3) is 3.37. The van der Waals surface area contributed by atoms with Crippen LogP contribution in [-0.4, -0.2) is 25.0 Å². The Morgan fingerprint density at radius 3 is 2.68 bits per heavy atom. The van der Waals surface area contributed by atoms with Crippen molar-refractivity contribution in [2.45, 2.75) is 46.5 Å². The van der Waals surface area contributed by atoms with Gasteiger partial charge in [0.05, 0.1) is 19.5 Å². The van der Waals surface area contributed by atoms with Gasteiger partial charge >= 0.3 is 5.97 Å². The van der Waals surface area contributed by atoms with Crippen molar-refractivity contribution in [2.75, 3.05) is 13.2 Å². The van der Waals surface area contributed by atoms with E-state index in [-0.39, 0.29) is 17.7 Å². The van der Waals surface area contributed by atoms with Gasteiger partial charge in [0, 0.05) is 12.3 Å². The number of ether oxygens (including phenoxy) is 2. The van der Waals surface area contributed by atoms with Crippen molar-refractivity contribution in [1.82, 2.24) is 0 Å². The molecule has 1 aliphatic carbocycles. The molecule has 1 rings (SSSR count). The maximum absolute atomic E-state index is 12.3. The van der Waals surface area contributed by atoms with Gasteiger partial charge in [-0.3, -0.25) is 9.59 Å². The molecule has 0 aromatic rings. The largest absolute Gasteiger partial charge is 0.502 e. The van der Waals surface area contributed by atoms with Crippen molar-refractivity contribution in [3.05, 3.63) is 12.3 Å². The highest BCUT2D eigenvalue weighted by molar-refractivity contribution is 6.04. The fraction of sp³-hybridized carbons (Fsp3) is 0.733. The van der Waals surface area contributed by atoms with Crippen molar-refractivity contribution < 1.29 is 19.1 Å². The monoisotopic (exact) mass is 268 g/mol. The Hall–Kier alpha value is -1.32. The maximum Gasteiger partial charge on any atom is 0.320 e. The molecule has 0 aromatic carbocycles. The first-order valence-corrected chi connectivity index (χ1v) is 7.08. The van der Waals surface area contributed by atoms with E-state index in [1.807, 2.05) is 13.8 Å². The molecular weight excluding hydrogens is 244 g/mol. The normalized spacial score (nSPS) is 25.3. The number of hydrogen-bond donors (Lipinski definition) is 0. The first kappa shape index (κ1) is 15.7. The van der Waals surface area contributed by atoms with E-state index in [9.17, 15) is 9.59 Å². The molecule has 19 heavy (non-hydrogen) atoms. The molecule has 1 fully saturated rings. The van der Waals surface area contributed by atoms with E-state index in [0.29, 0.717) is 26.1 Å². The molecule has 0 radical (unpaired) electrons. The van der Waals surface area contributed by atoms with Crippen molar-refractivity contribution >= 4 is 11.8 Å². The van der Waals surface area contributed by atoms with Crippen LogP contribution in [0.15, 0.2) is 12.3 Å². The van der Waals surface area contributed by atoms with Crippen LogP contribution < -0.4 is 0 Å². The van der Waals surface area contributed by atoms with Crippen molar-refractivity contribution in [3.8, 4) is 0 Å². The van der Waals surface area contributed by atoms with E-state index in [1.54, 1.807) is 19.3 Å². The van der Waals surface area contributed by atoms with E-state index >= 15 is 0 Å². The lowest BCUT2D eigenvalue weighted by Gasteiger charge is -2.36. The van der Waals surface area contributed by atoms with Gasteiger partial charge in [-0.05, 0) is 32.8 Å². The zero-order valence-corrected chi connectivity index (χ0v) is 12.1. The molecule has 2 atom stereocenters. The quantitative estimate of drug-likeness (QED) is 0.422. The first-order chi connectivity index (χ1) is 9.09. The van der Waals surface area contributed by atoms with Crippen LogP contribution in [0, 0.1) is 11.3 Å². The number of hydrogen-bond acceptors (Lipinski definition) is 4. The highest BCUT2D eigenvalue weighted by atomic mass is 16.5. The summed E-state index contributed by atoms with van der Waals surface area (Å²) in [6.07, 6.45) is 6.16. The number of allylic oxidation sites excluding steroid dienone is 1. The summed E-state index contributed by atoms with van der Waals surface area (Å²) in [6.45, 7) is 6.41. The molecule has 1 saturated carbocycles. The fourth-order valence-electron chi connectivity index (χ4n) is 2.63. The van der Waals surface area contributed by atoms with E-state index in [1.165, 1.54) is 0 Å². The smallest absolute Gasteiger partial charge is 0.320 e. The molecule has 0 saturated heterocycles. The minimum Gasteiger partial charge on any atom is -0.502 e. The van der Waals surface area contributed by atoms with Gasteiger partial charge in [-0.25, -0.2) is 0 Å². The summed E-state index contributed by atoms with van der Waals surface area (Å²) in [7, 11) is 0. The second-order valence-corrected chi connectivity index (χ2v) is 4.89.